The van der Waals surface area contributed by atoms with Crippen LogP contribution in [0.5, 0.6) is 0 Å². The smallest absolute Gasteiger partial charge is 0.326 e. The summed E-state index contributed by atoms with van der Waals surface area (Å²) in [6.45, 7) is 2.79. The van der Waals surface area contributed by atoms with E-state index in [0.29, 0.717) is 5.56 Å². The normalized spacial score (nSPS) is 22.5. The van der Waals surface area contributed by atoms with Gasteiger partial charge in [-0.2, -0.15) is 0 Å². The number of aryl methyl sites for hydroxylation is 1. The fourth-order valence-corrected chi connectivity index (χ4v) is 4.24. The molecule has 0 spiro atoms. The second-order valence-electron chi connectivity index (χ2n) is 8.59. The third kappa shape index (κ3) is 6.04. The van der Waals surface area contributed by atoms with E-state index in [2.05, 4.69) is 33.5 Å². The topological polar surface area (TPSA) is 169 Å². The third-order valence-electron chi connectivity index (χ3n) is 6.34. The zero-order valence-electron chi connectivity index (χ0n) is 19.2. The van der Waals surface area contributed by atoms with Gasteiger partial charge in [-0.05, 0) is 55.8 Å². The van der Waals surface area contributed by atoms with Gasteiger partial charge >= 0.3 is 11.9 Å². The largest absolute Gasteiger partial charge is 0.481 e. The van der Waals surface area contributed by atoms with Crippen molar-refractivity contribution in [3.63, 3.8) is 0 Å². The monoisotopic (exact) mass is 473 g/mol. The van der Waals surface area contributed by atoms with Crippen LogP contribution in [-0.2, 0) is 20.8 Å². The first-order valence-electron chi connectivity index (χ1n) is 11.3. The Morgan fingerprint density at radius 1 is 1.15 bits per heavy atom. The molecular formula is C23H31N5O6. The molecule has 0 aromatic heterocycles. The first kappa shape index (κ1) is 25.0. The number of rotatable bonds is 10. The van der Waals surface area contributed by atoms with Crippen LogP contribution in [0, 0.1) is 11.8 Å². The molecule has 3 rings (SSSR count). The molecule has 0 radical (unpaired) electrons. The number of carbonyl (C=O) groups excluding carboxylic acids is 2. The molecule has 3 unspecified atom stereocenters. The summed E-state index contributed by atoms with van der Waals surface area (Å²) < 4.78 is 0. The number of hydrogen-bond donors (Lipinski definition) is 7. The zero-order valence-corrected chi connectivity index (χ0v) is 19.2. The van der Waals surface area contributed by atoms with E-state index >= 15 is 0 Å². The maximum atomic E-state index is 12.5. The maximum absolute atomic E-state index is 12.5. The van der Waals surface area contributed by atoms with Crippen molar-refractivity contribution in [2.24, 2.45) is 11.8 Å². The summed E-state index contributed by atoms with van der Waals surface area (Å²) >= 11 is 0. The Kier molecular flexibility index (Phi) is 8.11. The molecule has 4 atom stereocenters. The van der Waals surface area contributed by atoms with Gasteiger partial charge in [0.25, 0.3) is 11.8 Å². The lowest BCUT2D eigenvalue weighted by atomic mass is 9.80. The molecule has 0 aliphatic carbocycles. The molecule has 0 bridgehead atoms. The summed E-state index contributed by atoms with van der Waals surface area (Å²) in [6.07, 6.45) is 0.753. The second kappa shape index (κ2) is 11.0. The summed E-state index contributed by atoms with van der Waals surface area (Å²) in [4.78, 5) is 46.9. The van der Waals surface area contributed by atoms with Gasteiger partial charge in [0.2, 0.25) is 0 Å². The SMILES string of the molecule is CNC1NC(=O)C2=C(NCC(CCc3ccc(C(=O)N[C@@H](CCC(=O)O)C(=O)O)cc3)C2C)N1. The molecule has 2 heterocycles. The Balaban J connectivity index is 1.55. The van der Waals surface area contributed by atoms with Crippen LogP contribution in [0.15, 0.2) is 35.7 Å². The van der Waals surface area contributed by atoms with Gasteiger partial charge in [-0.1, -0.05) is 19.1 Å². The van der Waals surface area contributed by atoms with Crippen molar-refractivity contribution in [2.75, 3.05) is 13.6 Å². The summed E-state index contributed by atoms with van der Waals surface area (Å²) in [5.41, 5.74) is 2.05. The molecular weight excluding hydrogens is 442 g/mol. The first-order valence-corrected chi connectivity index (χ1v) is 11.3. The van der Waals surface area contributed by atoms with E-state index in [1.807, 2.05) is 12.1 Å². The van der Waals surface area contributed by atoms with Crippen molar-refractivity contribution in [3.05, 3.63) is 46.8 Å². The second-order valence-corrected chi connectivity index (χ2v) is 8.59. The van der Waals surface area contributed by atoms with Crippen molar-refractivity contribution in [2.45, 2.75) is 44.9 Å². The minimum Gasteiger partial charge on any atom is -0.481 e. The minimum atomic E-state index is -1.27. The van der Waals surface area contributed by atoms with Crippen LogP contribution < -0.4 is 26.6 Å². The van der Waals surface area contributed by atoms with Crippen LogP contribution in [0.4, 0.5) is 0 Å². The Labute approximate surface area is 197 Å². The van der Waals surface area contributed by atoms with E-state index in [1.165, 1.54) is 0 Å². The Hall–Kier alpha value is -3.60. The highest BCUT2D eigenvalue weighted by molar-refractivity contribution is 5.97. The van der Waals surface area contributed by atoms with E-state index < -0.39 is 23.9 Å². The van der Waals surface area contributed by atoms with Crippen molar-refractivity contribution < 1.29 is 29.4 Å². The molecule has 7 N–H and O–H groups in total. The van der Waals surface area contributed by atoms with Gasteiger partial charge in [0.05, 0.1) is 5.57 Å². The average Bonchev–Trinajstić information content (AvgIpc) is 2.80. The summed E-state index contributed by atoms with van der Waals surface area (Å²) in [6, 6.07) is 5.62. The predicted octanol–water partition coefficient (Wildman–Crippen LogP) is -0.0435. The fourth-order valence-electron chi connectivity index (χ4n) is 4.24. The quantitative estimate of drug-likeness (QED) is 0.246. The maximum Gasteiger partial charge on any atom is 0.326 e. The highest BCUT2D eigenvalue weighted by Gasteiger charge is 2.36. The van der Waals surface area contributed by atoms with E-state index in [-0.39, 0.29) is 36.9 Å². The van der Waals surface area contributed by atoms with Gasteiger partial charge in [-0.3, -0.25) is 19.7 Å². The third-order valence-corrected chi connectivity index (χ3v) is 6.34. The number of carboxylic acid groups (broad SMARTS) is 2. The standard InChI is InChI=1S/C23H31N5O6/c1-12-15(11-25-19-18(12)21(32)28-23(24-2)27-19)8-5-13-3-6-14(7-4-13)20(31)26-16(22(33)34)9-10-17(29)30/h3-4,6-7,12,15-16,23-25,27H,5,8-11H2,1-2H3,(H,26,31)(H,28,32)(H,29,30)(H,33,34)/t12?,15?,16-,23?/m0/s1. The molecule has 11 heteroatoms. The Bertz CT molecular complexity index is 977. The molecule has 2 aliphatic rings. The zero-order chi connectivity index (χ0) is 24.8. The molecule has 1 aromatic carbocycles. The highest BCUT2D eigenvalue weighted by atomic mass is 16.4. The minimum absolute atomic E-state index is 0.0744. The van der Waals surface area contributed by atoms with Crippen LogP contribution in [0.3, 0.4) is 0 Å². The molecule has 2 amide bonds. The predicted molar refractivity (Wildman–Crippen MR) is 122 cm³/mol. The molecule has 0 saturated heterocycles. The lowest BCUT2D eigenvalue weighted by Crippen LogP contribution is -2.61. The molecule has 184 valence electrons. The van der Waals surface area contributed by atoms with Gasteiger partial charge in [0.1, 0.15) is 11.9 Å². The van der Waals surface area contributed by atoms with Crippen LogP contribution in [0.1, 0.15) is 42.1 Å². The number of carboxylic acids is 2. The number of aliphatic carboxylic acids is 2. The van der Waals surface area contributed by atoms with Crippen molar-refractivity contribution in [1.29, 1.82) is 0 Å². The van der Waals surface area contributed by atoms with Crippen LogP contribution in [0.25, 0.3) is 0 Å². The molecule has 0 saturated carbocycles. The summed E-state index contributed by atoms with van der Waals surface area (Å²) in [5.74, 6) is -1.95. The molecule has 1 aromatic rings. The van der Waals surface area contributed by atoms with Gasteiger partial charge in [-0.15, -0.1) is 0 Å². The van der Waals surface area contributed by atoms with Gasteiger partial charge in [0, 0.05) is 18.5 Å². The Morgan fingerprint density at radius 3 is 2.47 bits per heavy atom. The summed E-state index contributed by atoms with van der Waals surface area (Å²) in [5, 5.41) is 32.7. The highest BCUT2D eigenvalue weighted by Crippen LogP contribution is 2.30. The molecule has 34 heavy (non-hydrogen) atoms. The van der Waals surface area contributed by atoms with E-state index in [0.717, 1.165) is 36.3 Å². The molecule has 0 fully saturated rings. The van der Waals surface area contributed by atoms with Crippen LogP contribution in [-0.4, -0.2) is 59.9 Å². The first-order chi connectivity index (χ1) is 16.2. The summed E-state index contributed by atoms with van der Waals surface area (Å²) in [7, 11) is 1.76. The van der Waals surface area contributed by atoms with E-state index in [4.69, 9.17) is 5.11 Å². The van der Waals surface area contributed by atoms with Crippen molar-refractivity contribution in [3.8, 4) is 0 Å². The number of carbonyl (C=O) groups is 4. The van der Waals surface area contributed by atoms with Gasteiger partial charge < -0.3 is 31.5 Å². The number of amides is 2. The lowest BCUT2D eigenvalue weighted by molar-refractivity contribution is -0.140. The van der Waals surface area contributed by atoms with Crippen LogP contribution >= 0.6 is 0 Å². The lowest BCUT2D eigenvalue weighted by Gasteiger charge is -2.39. The Morgan fingerprint density at radius 2 is 1.85 bits per heavy atom. The number of nitrogens with one attached hydrogen (secondary N) is 5. The van der Waals surface area contributed by atoms with Crippen molar-refractivity contribution in [1.82, 2.24) is 26.6 Å². The van der Waals surface area contributed by atoms with Crippen LogP contribution in [0.2, 0.25) is 0 Å². The molecule has 2 aliphatic heterocycles. The fraction of sp³-hybridized carbons (Fsp3) is 0.478. The van der Waals surface area contributed by atoms with E-state index in [1.54, 1.807) is 19.2 Å². The number of hydrogen-bond acceptors (Lipinski definition) is 7. The van der Waals surface area contributed by atoms with Gasteiger partial charge in [-0.25, -0.2) is 4.79 Å². The van der Waals surface area contributed by atoms with Gasteiger partial charge in [0.15, 0.2) is 6.29 Å². The van der Waals surface area contributed by atoms with E-state index in [9.17, 15) is 24.3 Å². The average molecular weight is 474 g/mol. The molecule has 11 nitrogen and oxygen atoms in total. The van der Waals surface area contributed by atoms with Crippen molar-refractivity contribution >= 4 is 23.8 Å². The number of benzene rings is 1.